The number of benzene rings is 1. The van der Waals surface area contributed by atoms with Crippen LogP contribution < -0.4 is 14.8 Å². The molecule has 1 atom stereocenters. The van der Waals surface area contributed by atoms with Gasteiger partial charge in [-0.1, -0.05) is 19.4 Å². The van der Waals surface area contributed by atoms with Crippen LogP contribution in [0.5, 0.6) is 11.5 Å². The molecule has 0 aromatic heterocycles. The summed E-state index contributed by atoms with van der Waals surface area (Å²) in [5.74, 6) is 2.60. The first-order chi connectivity index (χ1) is 9.88. The molecule has 110 valence electrons. The Morgan fingerprint density at radius 1 is 1.15 bits per heavy atom. The van der Waals surface area contributed by atoms with Crippen LogP contribution in [0.15, 0.2) is 18.2 Å². The standard InChI is InChI=1S/C17H25NO2/c1-2-9-18-17(13-5-3-6-13)14-7-8-15-16(12-14)20-11-4-10-19-15/h7-8,12-13,17-18H,2-6,9-11H2,1H3. The zero-order chi connectivity index (χ0) is 13.8. The maximum atomic E-state index is 5.82. The van der Waals surface area contributed by atoms with E-state index in [0.29, 0.717) is 6.04 Å². The molecule has 1 saturated carbocycles. The van der Waals surface area contributed by atoms with Crippen LogP contribution >= 0.6 is 0 Å². The summed E-state index contributed by atoms with van der Waals surface area (Å²) in [4.78, 5) is 0. The molecule has 1 unspecified atom stereocenters. The Hall–Kier alpha value is -1.22. The lowest BCUT2D eigenvalue weighted by Gasteiger charge is -2.35. The molecule has 3 heteroatoms. The van der Waals surface area contributed by atoms with Crippen LogP contribution in [-0.4, -0.2) is 19.8 Å². The average molecular weight is 275 g/mol. The van der Waals surface area contributed by atoms with Gasteiger partial charge in [0.2, 0.25) is 0 Å². The van der Waals surface area contributed by atoms with Crippen molar-refractivity contribution in [2.24, 2.45) is 5.92 Å². The van der Waals surface area contributed by atoms with Gasteiger partial charge in [0.25, 0.3) is 0 Å². The Kier molecular flexibility index (Phi) is 4.46. The lowest BCUT2D eigenvalue weighted by Crippen LogP contribution is -2.32. The predicted molar refractivity (Wildman–Crippen MR) is 80.4 cm³/mol. The fourth-order valence-corrected chi connectivity index (χ4v) is 3.00. The van der Waals surface area contributed by atoms with Crippen molar-refractivity contribution >= 4 is 0 Å². The molecule has 3 rings (SSSR count). The second kappa shape index (κ2) is 6.49. The maximum Gasteiger partial charge on any atom is 0.161 e. The van der Waals surface area contributed by atoms with Gasteiger partial charge in [-0.2, -0.15) is 0 Å². The Labute approximate surface area is 121 Å². The predicted octanol–water partition coefficient (Wildman–Crippen LogP) is 3.69. The molecular formula is C17H25NO2. The average Bonchev–Trinajstić information content (AvgIpc) is 2.65. The minimum Gasteiger partial charge on any atom is -0.490 e. The van der Waals surface area contributed by atoms with E-state index >= 15 is 0 Å². The third-order valence-electron chi connectivity index (χ3n) is 4.37. The largest absolute Gasteiger partial charge is 0.490 e. The molecule has 1 N–H and O–H groups in total. The second-order valence-electron chi connectivity index (χ2n) is 5.88. The smallest absolute Gasteiger partial charge is 0.161 e. The summed E-state index contributed by atoms with van der Waals surface area (Å²) in [7, 11) is 0. The lowest BCUT2D eigenvalue weighted by atomic mass is 9.77. The van der Waals surface area contributed by atoms with E-state index < -0.39 is 0 Å². The second-order valence-corrected chi connectivity index (χ2v) is 5.88. The molecule has 1 aromatic rings. The van der Waals surface area contributed by atoms with Gasteiger partial charge in [0.05, 0.1) is 13.2 Å². The van der Waals surface area contributed by atoms with Crippen molar-refractivity contribution in [3.05, 3.63) is 23.8 Å². The summed E-state index contributed by atoms with van der Waals surface area (Å²) in [5, 5.41) is 3.71. The SMILES string of the molecule is CCCNC(c1ccc2c(c1)OCCCO2)C1CCC1. The van der Waals surface area contributed by atoms with E-state index in [-0.39, 0.29) is 0 Å². The summed E-state index contributed by atoms with van der Waals surface area (Å²) in [6.07, 6.45) is 6.20. The van der Waals surface area contributed by atoms with E-state index in [0.717, 1.165) is 43.6 Å². The monoisotopic (exact) mass is 275 g/mol. The normalized spacial score (nSPS) is 20.1. The van der Waals surface area contributed by atoms with Crippen molar-refractivity contribution in [2.75, 3.05) is 19.8 Å². The van der Waals surface area contributed by atoms with Crippen molar-refractivity contribution in [2.45, 2.75) is 45.1 Å². The van der Waals surface area contributed by atoms with Gasteiger partial charge in [-0.25, -0.2) is 0 Å². The molecule has 0 spiro atoms. The molecule has 0 radical (unpaired) electrons. The van der Waals surface area contributed by atoms with Gasteiger partial charge in [0.1, 0.15) is 0 Å². The Morgan fingerprint density at radius 2 is 1.95 bits per heavy atom. The molecule has 1 aliphatic carbocycles. The Balaban J connectivity index is 1.80. The Morgan fingerprint density at radius 3 is 2.65 bits per heavy atom. The molecule has 1 heterocycles. The molecule has 1 aliphatic heterocycles. The molecule has 1 aromatic carbocycles. The van der Waals surface area contributed by atoms with Crippen LogP contribution in [0, 0.1) is 5.92 Å². The summed E-state index contributed by atoms with van der Waals surface area (Å²) in [6.45, 7) is 4.81. The van der Waals surface area contributed by atoms with Crippen molar-refractivity contribution in [1.82, 2.24) is 5.32 Å². The van der Waals surface area contributed by atoms with Crippen LogP contribution in [0.2, 0.25) is 0 Å². The van der Waals surface area contributed by atoms with Gasteiger partial charge in [-0.15, -0.1) is 0 Å². The summed E-state index contributed by atoms with van der Waals surface area (Å²) < 4.78 is 11.5. The minimum atomic E-state index is 0.473. The number of rotatable bonds is 5. The molecule has 0 saturated heterocycles. The first-order valence-corrected chi connectivity index (χ1v) is 8.01. The van der Waals surface area contributed by atoms with Gasteiger partial charge in [0.15, 0.2) is 11.5 Å². The first kappa shape index (κ1) is 13.7. The van der Waals surface area contributed by atoms with E-state index in [1.165, 1.54) is 31.2 Å². The van der Waals surface area contributed by atoms with E-state index in [2.05, 4.69) is 30.4 Å². The molecule has 0 amide bonds. The molecular weight excluding hydrogens is 250 g/mol. The van der Waals surface area contributed by atoms with Crippen molar-refractivity contribution < 1.29 is 9.47 Å². The zero-order valence-corrected chi connectivity index (χ0v) is 12.4. The highest BCUT2D eigenvalue weighted by Crippen LogP contribution is 2.40. The molecule has 3 nitrogen and oxygen atoms in total. The van der Waals surface area contributed by atoms with Crippen LogP contribution in [-0.2, 0) is 0 Å². The quantitative estimate of drug-likeness (QED) is 0.889. The number of hydrogen-bond acceptors (Lipinski definition) is 3. The Bertz CT molecular complexity index is 443. The van der Waals surface area contributed by atoms with Gasteiger partial charge in [0, 0.05) is 12.5 Å². The minimum absolute atomic E-state index is 0.473. The fraction of sp³-hybridized carbons (Fsp3) is 0.647. The number of ether oxygens (including phenoxy) is 2. The van der Waals surface area contributed by atoms with Gasteiger partial charge in [-0.3, -0.25) is 0 Å². The summed E-state index contributed by atoms with van der Waals surface area (Å²) in [6, 6.07) is 6.95. The number of nitrogens with one attached hydrogen (secondary N) is 1. The topological polar surface area (TPSA) is 30.5 Å². The third-order valence-corrected chi connectivity index (χ3v) is 4.37. The highest BCUT2D eigenvalue weighted by molar-refractivity contribution is 5.44. The van der Waals surface area contributed by atoms with Crippen molar-refractivity contribution in [3.8, 4) is 11.5 Å². The highest BCUT2D eigenvalue weighted by atomic mass is 16.5. The van der Waals surface area contributed by atoms with Crippen molar-refractivity contribution in [1.29, 1.82) is 0 Å². The van der Waals surface area contributed by atoms with Crippen LogP contribution in [0.3, 0.4) is 0 Å². The number of fused-ring (bicyclic) bond motifs is 1. The molecule has 2 aliphatic rings. The summed E-state index contributed by atoms with van der Waals surface area (Å²) in [5.41, 5.74) is 1.35. The van der Waals surface area contributed by atoms with Crippen molar-refractivity contribution in [3.63, 3.8) is 0 Å². The number of hydrogen-bond donors (Lipinski definition) is 1. The van der Waals surface area contributed by atoms with E-state index in [9.17, 15) is 0 Å². The highest BCUT2D eigenvalue weighted by Gasteiger charge is 2.28. The van der Waals surface area contributed by atoms with Gasteiger partial charge in [-0.05, 0) is 49.4 Å². The third kappa shape index (κ3) is 2.93. The zero-order valence-electron chi connectivity index (χ0n) is 12.4. The first-order valence-electron chi connectivity index (χ1n) is 8.01. The van der Waals surface area contributed by atoms with Crippen LogP contribution in [0.1, 0.15) is 50.6 Å². The lowest BCUT2D eigenvalue weighted by molar-refractivity contribution is 0.230. The van der Waals surface area contributed by atoms with E-state index in [4.69, 9.17) is 9.47 Å². The molecule has 20 heavy (non-hydrogen) atoms. The van der Waals surface area contributed by atoms with Gasteiger partial charge < -0.3 is 14.8 Å². The van der Waals surface area contributed by atoms with Gasteiger partial charge >= 0.3 is 0 Å². The molecule has 1 fully saturated rings. The van der Waals surface area contributed by atoms with E-state index in [1.54, 1.807) is 0 Å². The fourth-order valence-electron chi connectivity index (χ4n) is 3.00. The summed E-state index contributed by atoms with van der Waals surface area (Å²) >= 11 is 0. The maximum absolute atomic E-state index is 5.82. The van der Waals surface area contributed by atoms with E-state index in [1.807, 2.05) is 0 Å². The molecule has 0 bridgehead atoms. The van der Waals surface area contributed by atoms with Crippen LogP contribution in [0.25, 0.3) is 0 Å². The van der Waals surface area contributed by atoms with Crippen LogP contribution in [0.4, 0.5) is 0 Å².